The lowest BCUT2D eigenvalue weighted by Gasteiger charge is -2.36. The molecule has 1 fully saturated rings. The molecule has 1 aromatic rings. The Bertz CT molecular complexity index is 505. The summed E-state index contributed by atoms with van der Waals surface area (Å²) in [5.41, 5.74) is 0.0785. The van der Waals surface area contributed by atoms with Crippen LogP contribution in [-0.2, 0) is 11.3 Å². The summed E-state index contributed by atoms with van der Waals surface area (Å²) in [6.45, 7) is 5.30. The first kappa shape index (κ1) is 14.9. The van der Waals surface area contributed by atoms with Gasteiger partial charge in [0.15, 0.2) is 0 Å². The molecule has 1 unspecified atom stereocenters. The summed E-state index contributed by atoms with van der Waals surface area (Å²) >= 11 is 0. The molecule has 1 aromatic carbocycles. The summed E-state index contributed by atoms with van der Waals surface area (Å²) in [5, 5.41) is 13.9. The molecule has 0 aromatic heterocycles. The molecule has 20 heavy (non-hydrogen) atoms. The lowest BCUT2D eigenvalue weighted by Crippen LogP contribution is -2.43. The summed E-state index contributed by atoms with van der Waals surface area (Å²) in [7, 11) is 0. The van der Waals surface area contributed by atoms with Crippen molar-refractivity contribution in [1.29, 1.82) is 0 Å². The van der Waals surface area contributed by atoms with E-state index in [2.05, 4.69) is 5.32 Å². The fourth-order valence-electron chi connectivity index (χ4n) is 2.48. The number of hydrogen-bond acceptors (Lipinski definition) is 4. The Hall–Kier alpha value is -1.53. The van der Waals surface area contributed by atoms with Gasteiger partial charge in [-0.25, -0.2) is 0 Å². The standard InChI is InChI=1S/C14H19FN2O3/c1-14(2)8-11(5-6-20-14)16-9-10-3-4-13(17(18)19)12(15)7-10/h3-4,7,11,16H,5-6,8-9H2,1-2H3. The molecule has 1 heterocycles. The van der Waals surface area contributed by atoms with Gasteiger partial charge in [-0.05, 0) is 38.3 Å². The minimum atomic E-state index is -0.790. The Morgan fingerprint density at radius 1 is 1.55 bits per heavy atom. The SMILES string of the molecule is CC1(C)CC(NCc2ccc([N+](=O)[O-])c(F)c2)CCO1. The van der Waals surface area contributed by atoms with Crippen molar-refractivity contribution in [3.8, 4) is 0 Å². The van der Waals surface area contributed by atoms with Crippen molar-refractivity contribution in [3.63, 3.8) is 0 Å². The molecule has 0 aliphatic carbocycles. The van der Waals surface area contributed by atoms with Gasteiger partial charge in [-0.1, -0.05) is 6.07 Å². The van der Waals surface area contributed by atoms with Crippen molar-refractivity contribution < 1.29 is 14.1 Å². The maximum absolute atomic E-state index is 13.5. The molecule has 0 amide bonds. The van der Waals surface area contributed by atoms with E-state index in [-0.39, 0.29) is 5.60 Å². The van der Waals surface area contributed by atoms with E-state index in [0.717, 1.165) is 12.8 Å². The van der Waals surface area contributed by atoms with E-state index < -0.39 is 16.4 Å². The highest BCUT2D eigenvalue weighted by atomic mass is 19.1. The van der Waals surface area contributed by atoms with Crippen LogP contribution in [0.2, 0.25) is 0 Å². The Labute approximate surface area is 117 Å². The lowest BCUT2D eigenvalue weighted by atomic mass is 9.94. The van der Waals surface area contributed by atoms with Crippen LogP contribution in [0.1, 0.15) is 32.3 Å². The van der Waals surface area contributed by atoms with Crippen molar-refractivity contribution in [2.45, 2.75) is 44.9 Å². The third kappa shape index (κ3) is 3.74. The van der Waals surface area contributed by atoms with Crippen molar-refractivity contribution in [3.05, 3.63) is 39.7 Å². The fraction of sp³-hybridized carbons (Fsp3) is 0.571. The predicted octanol–water partition coefficient (Wildman–Crippen LogP) is 2.78. The quantitative estimate of drug-likeness (QED) is 0.681. The molecule has 0 spiro atoms. The van der Waals surface area contributed by atoms with E-state index in [4.69, 9.17) is 4.74 Å². The first-order valence-corrected chi connectivity index (χ1v) is 6.67. The van der Waals surface area contributed by atoms with Gasteiger partial charge in [0.05, 0.1) is 10.5 Å². The van der Waals surface area contributed by atoms with Gasteiger partial charge in [0.25, 0.3) is 0 Å². The van der Waals surface area contributed by atoms with Gasteiger partial charge >= 0.3 is 5.69 Å². The molecule has 5 nitrogen and oxygen atoms in total. The number of nitro groups is 1. The van der Waals surface area contributed by atoms with Crippen LogP contribution < -0.4 is 5.32 Å². The molecule has 0 bridgehead atoms. The molecule has 1 aliphatic rings. The first-order chi connectivity index (χ1) is 9.37. The zero-order valence-electron chi connectivity index (χ0n) is 11.7. The predicted molar refractivity (Wildman–Crippen MR) is 72.9 cm³/mol. The number of halogens is 1. The largest absolute Gasteiger partial charge is 0.375 e. The molecule has 1 saturated heterocycles. The van der Waals surface area contributed by atoms with E-state index in [0.29, 0.717) is 24.8 Å². The van der Waals surface area contributed by atoms with E-state index >= 15 is 0 Å². The van der Waals surface area contributed by atoms with Crippen molar-refractivity contribution >= 4 is 5.69 Å². The average molecular weight is 282 g/mol. The summed E-state index contributed by atoms with van der Waals surface area (Å²) in [4.78, 5) is 9.83. The van der Waals surface area contributed by atoms with E-state index in [1.807, 2.05) is 13.8 Å². The maximum atomic E-state index is 13.5. The topological polar surface area (TPSA) is 64.4 Å². The smallest absolute Gasteiger partial charge is 0.304 e. The molecule has 2 rings (SSSR count). The Morgan fingerprint density at radius 3 is 2.90 bits per heavy atom. The number of nitro benzene ring substituents is 1. The molecule has 1 atom stereocenters. The Kier molecular flexibility index (Phi) is 4.35. The molecule has 6 heteroatoms. The van der Waals surface area contributed by atoms with Gasteiger partial charge in [0.1, 0.15) is 0 Å². The van der Waals surface area contributed by atoms with Crippen LogP contribution in [0.15, 0.2) is 18.2 Å². The number of hydrogen-bond donors (Lipinski definition) is 1. The van der Waals surface area contributed by atoms with Gasteiger partial charge in [-0.2, -0.15) is 4.39 Å². The highest BCUT2D eigenvalue weighted by Crippen LogP contribution is 2.24. The zero-order chi connectivity index (χ0) is 14.8. The zero-order valence-corrected chi connectivity index (χ0v) is 11.7. The number of ether oxygens (including phenoxy) is 1. The van der Waals surface area contributed by atoms with Crippen molar-refractivity contribution in [2.24, 2.45) is 0 Å². The van der Waals surface area contributed by atoms with Crippen LogP contribution in [0.3, 0.4) is 0 Å². The molecule has 1 aliphatic heterocycles. The molecular weight excluding hydrogens is 263 g/mol. The van der Waals surface area contributed by atoms with Crippen LogP contribution in [-0.4, -0.2) is 23.2 Å². The summed E-state index contributed by atoms with van der Waals surface area (Å²) in [6.07, 6.45) is 1.81. The first-order valence-electron chi connectivity index (χ1n) is 6.67. The second-order valence-electron chi connectivity index (χ2n) is 5.72. The third-order valence-electron chi connectivity index (χ3n) is 3.50. The van der Waals surface area contributed by atoms with Crippen LogP contribution >= 0.6 is 0 Å². The van der Waals surface area contributed by atoms with Crippen LogP contribution in [0.25, 0.3) is 0 Å². The van der Waals surface area contributed by atoms with Gasteiger partial charge in [-0.15, -0.1) is 0 Å². The Morgan fingerprint density at radius 2 is 2.30 bits per heavy atom. The average Bonchev–Trinajstić information content (AvgIpc) is 2.35. The highest BCUT2D eigenvalue weighted by molar-refractivity contribution is 5.34. The van der Waals surface area contributed by atoms with Crippen LogP contribution in [0.5, 0.6) is 0 Å². The molecule has 110 valence electrons. The molecular formula is C14H19FN2O3. The Balaban J connectivity index is 1.94. The van der Waals surface area contributed by atoms with E-state index in [1.165, 1.54) is 12.1 Å². The van der Waals surface area contributed by atoms with Gasteiger partial charge in [0.2, 0.25) is 5.82 Å². The minimum Gasteiger partial charge on any atom is -0.375 e. The summed E-state index contributed by atoms with van der Waals surface area (Å²) < 4.78 is 19.1. The maximum Gasteiger partial charge on any atom is 0.304 e. The summed E-state index contributed by atoms with van der Waals surface area (Å²) in [6, 6.07) is 4.33. The normalized spacial score (nSPS) is 21.6. The third-order valence-corrected chi connectivity index (χ3v) is 3.50. The van der Waals surface area contributed by atoms with Gasteiger partial charge in [-0.3, -0.25) is 10.1 Å². The molecule has 0 radical (unpaired) electrons. The van der Waals surface area contributed by atoms with E-state index in [9.17, 15) is 14.5 Å². The summed E-state index contributed by atoms with van der Waals surface area (Å²) in [5.74, 6) is -0.790. The van der Waals surface area contributed by atoms with Crippen LogP contribution in [0.4, 0.5) is 10.1 Å². The van der Waals surface area contributed by atoms with Crippen molar-refractivity contribution in [2.75, 3.05) is 6.61 Å². The number of nitrogens with zero attached hydrogens (tertiary/aromatic N) is 1. The second kappa shape index (κ2) is 5.85. The monoisotopic (exact) mass is 282 g/mol. The fourth-order valence-corrected chi connectivity index (χ4v) is 2.48. The minimum absolute atomic E-state index is 0.142. The van der Waals surface area contributed by atoms with Crippen molar-refractivity contribution in [1.82, 2.24) is 5.32 Å². The number of rotatable bonds is 4. The van der Waals surface area contributed by atoms with Crippen LogP contribution in [0, 0.1) is 15.9 Å². The highest BCUT2D eigenvalue weighted by Gasteiger charge is 2.28. The number of nitrogens with one attached hydrogen (secondary N) is 1. The number of benzene rings is 1. The van der Waals surface area contributed by atoms with E-state index in [1.54, 1.807) is 6.07 Å². The van der Waals surface area contributed by atoms with Gasteiger partial charge < -0.3 is 10.1 Å². The molecule has 0 saturated carbocycles. The second-order valence-corrected chi connectivity index (χ2v) is 5.72. The molecule has 1 N–H and O–H groups in total. The van der Waals surface area contributed by atoms with Gasteiger partial charge in [0, 0.05) is 25.3 Å². The lowest BCUT2D eigenvalue weighted by molar-refractivity contribution is -0.387.